The Morgan fingerprint density at radius 1 is 1.06 bits per heavy atom. The fourth-order valence-electron chi connectivity index (χ4n) is 2.89. The van der Waals surface area contributed by atoms with E-state index < -0.39 is 15.9 Å². The van der Waals surface area contributed by atoms with Crippen LogP contribution in [0, 0.1) is 13.8 Å². The maximum atomic E-state index is 12.6. The molecular weight excluding hydrogens is 416 g/mol. The summed E-state index contributed by atoms with van der Waals surface area (Å²) in [5.41, 5.74) is 3.29. The third-order valence-electron chi connectivity index (χ3n) is 5.05. The molecule has 0 saturated carbocycles. The first-order valence-corrected chi connectivity index (χ1v) is 11.4. The molecule has 1 heterocycles. The van der Waals surface area contributed by atoms with Gasteiger partial charge in [-0.25, -0.2) is 12.7 Å². The van der Waals surface area contributed by atoms with Crippen LogP contribution in [0.4, 0.5) is 6.01 Å². The maximum Gasteiger partial charge on any atom is 0.322 e. The predicted octanol–water partition coefficient (Wildman–Crippen LogP) is 4.03. The van der Waals surface area contributed by atoms with Crippen LogP contribution >= 0.6 is 0 Å². The highest BCUT2D eigenvalue weighted by molar-refractivity contribution is 7.89. The van der Waals surface area contributed by atoms with Gasteiger partial charge in [0.05, 0.1) is 4.90 Å². The number of sulfonamides is 1. The topological polar surface area (TPSA) is 105 Å². The summed E-state index contributed by atoms with van der Waals surface area (Å²) in [6.07, 6.45) is 1.68. The molecular formula is C22H26N4O4S. The lowest BCUT2D eigenvalue weighted by molar-refractivity contribution is 0.102. The maximum absolute atomic E-state index is 12.6. The van der Waals surface area contributed by atoms with E-state index in [-0.39, 0.29) is 16.5 Å². The van der Waals surface area contributed by atoms with Crippen molar-refractivity contribution in [1.29, 1.82) is 0 Å². The van der Waals surface area contributed by atoms with Crippen LogP contribution in [0.3, 0.4) is 0 Å². The minimum absolute atomic E-state index is 0.0331. The minimum Gasteiger partial charge on any atom is -0.403 e. The molecule has 0 atom stereocenters. The van der Waals surface area contributed by atoms with Crippen molar-refractivity contribution in [3.8, 4) is 11.5 Å². The number of nitrogens with zero attached hydrogens (tertiary/aromatic N) is 3. The van der Waals surface area contributed by atoms with E-state index in [1.54, 1.807) is 7.05 Å². The molecule has 0 fully saturated rings. The Hall–Kier alpha value is -3.04. The number of aromatic nitrogens is 2. The van der Waals surface area contributed by atoms with Crippen LogP contribution in [-0.2, 0) is 10.0 Å². The van der Waals surface area contributed by atoms with Gasteiger partial charge in [0.25, 0.3) is 5.91 Å². The van der Waals surface area contributed by atoms with E-state index in [0.29, 0.717) is 12.4 Å². The van der Waals surface area contributed by atoms with E-state index in [0.717, 1.165) is 29.5 Å². The number of amides is 1. The van der Waals surface area contributed by atoms with Crippen molar-refractivity contribution in [3.63, 3.8) is 0 Å². The van der Waals surface area contributed by atoms with Gasteiger partial charge in [-0.15, -0.1) is 5.10 Å². The van der Waals surface area contributed by atoms with Crippen molar-refractivity contribution < 1.29 is 17.6 Å². The minimum atomic E-state index is -3.59. The number of hydrogen-bond acceptors (Lipinski definition) is 6. The van der Waals surface area contributed by atoms with E-state index in [1.807, 2.05) is 39.0 Å². The molecule has 0 aliphatic heterocycles. The highest BCUT2D eigenvalue weighted by Crippen LogP contribution is 2.23. The third-order valence-corrected chi connectivity index (χ3v) is 6.92. The Kier molecular flexibility index (Phi) is 6.87. The summed E-state index contributed by atoms with van der Waals surface area (Å²) in [6.45, 7) is 6.45. The number of unbranched alkanes of at least 4 members (excludes halogenated alkanes) is 1. The molecule has 1 amide bonds. The van der Waals surface area contributed by atoms with Gasteiger partial charge in [-0.1, -0.05) is 24.5 Å². The molecule has 2 aromatic carbocycles. The van der Waals surface area contributed by atoms with Crippen LogP contribution in [0.5, 0.6) is 0 Å². The van der Waals surface area contributed by atoms with Gasteiger partial charge in [-0.3, -0.25) is 10.1 Å². The molecule has 0 bridgehead atoms. The molecule has 0 unspecified atom stereocenters. The van der Waals surface area contributed by atoms with Crippen LogP contribution in [0.1, 0.15) is 41.3 Å². The van der Waals surface area contributed by atoms with Crippen molar-refractivity contribution >= 4 is 21.9 Å². The van der Waals surface area contributed by atoms with E-state index in [2.05, 4.69) is 15.5 Å². The summed E-state index contributed by atoms with van der Waals surface area (Å²) >= 11 is 0. The van der Waals surface area contributed by atoms with Crippen molar-refractivity contribution in [2.24, 2.45) is 0 Å². The van der Waals surface area contributed by atoms with Crippen LogP contribution in [0.15, 0.2) is 51.8 Å². The van der Waals surface area contributed by atoms with E-state index in [9.17, 15) is 13.2 Å². The Bertz CT molecular complexity index is 1170. The molecule has 1 aromatic heterocycles. The molecule has 164 valence electrons. The Morgan fingerprint density at radius 2 is 1.77 bits per heavy atom. The van der Waals surface area contributed by atoms with E-state index in [4.69, 9.17) is 4.42 Å². The standard InChI is InChI=1S/C22H26N4O4S/c1-5-6-13-26(4)31(28,29)19-11-9-17(10-12-19)20(27)23-22-25-24-21(30-22)18-8-7-15(2)16(3)14-18/h7-12,14H,5-6,13H2,1-4H3,(H,23,25,27). The van der Waals surface area contributed by atoms with Crippen molar-refractivity contribution in [1.82, 2.24) is 14.5 Å². The molecule has 0 aliphatic rings. The highest BCUT2D eigenvalue weighted by atomic mass is 32.2. The van der Waals surface area contributed by atoms with Gasteiger partial charge < -0.3 is 4.42 Å². The summed E-state index contributed by atoms with van der Waals surface area (Å²) in [5.74, 6) is -0.173. The number of aryl methyl sites for hydroxylation is 2. The average molecular weight is 443 g/mol. The number of benzene rings is 2. The summed E-state index contributed by atoms with van der Waals surface area (Å²) in [7, 11) is -2.04. The lowest BCUT2D eigenvalue weighted by Crippen LogP contribution is -2.28. The lowest BCUT2D eigenvalue weighted by Gasteiger charge is -2.16. The second-order valence-corrected chi connectivity index (χ2v) is 9.41. The first-order chi connectivity index (χ1) is 14.7. The number of anilines is 1. The largest absolute Gasteiger partial charge is 0.403 e. The Morgan fingerprint density at radius 3 is 2.42 bits per heavy atom. The van der Waals surface area contributed by atoms with Gasteiger partial charge >= 0.3 is 6.01 Å². The van der Waals surface area contributed by atoms with Crippen LogP contribution in [-0.4, -0.2) is 42.4 Å². The molecule has 0 aliphatic carbocycles. The van der Waals surface area contributed by atoms with E-state index >= 15 is 0 Å². The van der Waals surface area contributed by atoms with Gasteiger partial charge in [-0.05, 0) is 67.8 Å². The fraction of sp³-hybridized carbons (Fsp3) is 0.318. The predicted molar refractivity (Wildman–Crippen MR) is 118 cm³/mol. The Balaban J connectivity index is 1.70. The zero-order chi connectivity index (χ0) is 22.6. The zero-order valence-electron chi connectivity index (χ0n) is 18.0. The van der Waals surface area contributed by atoms with Gasteiger partial charge in [-0.2, -0.15) is 0 Å². The SMILES string of the molecule is CCCCN(C)S(=O)(=O)c1ccc(C(=O)Nc2nnc(-c3ccc(C)c(C)c3)o2)cc1. The summed E-state index contributed by atoms with van der Waals surface area (Å²) < 4.78 is 32.0. The lowest BCUT2D eigenvalue weighted by atomic mass is 10.1. The summed E-state index contributed by atoms with van der Waals surface area (Å²) in [6, 6.07) is 11.5. The van der Waals surface area contributed by atoms with Gasteiger partial charge in [0.15, 0.2) is 0 Å². The molecule has 0 radical (unpaired) electrons. The molecule has 3 rings (SSSR count). The summed E-state index contributed by atoms with van der Waals surface area (Å²) in [5, 5.41) is 10.4. The first kappa shape index (κ1) is 22.6. The van der Waals surface area contributed by atoms with Crippen molar-refractivity contribution in [2.75, 3.05) is 18.9 Å². The number of hydrogen-bond donors (Lipinski definition) is 1. The Labute approximate surface area is 182 Å². The normalized spacial score (nSPS) is 11.6. The molecule has 1 N–H and O–H groups in total. The van der Waals surface area contributed by atoms with Crippen LogP contribution in [0.2, 0.25) is 0 Å². The fourth-order valence-corrected chi connectivity index (χ4v) is 4.10. The van der Waals surface area contributed by atoms with Gasteiger partial charge in [0, 0.05) is 24.7 Å². The van der Waals surface area contributed by atoms with Crippen LogP contribution in [0.25, 0.3) is 11.5 Å². The van der Waals surface area contributed by atoms with Gasteiger partial charge in [0.2, 0.25) is 15.9 Å². The second kappa shape index (κ2) is 9.40. The number of carbonyl (C=O) groups excluding carboxylic acids is 1. The monoisotopic (exact) mass is 442 g/mol. The molecule has 9 heteroatoms. The average Bonchev–Trinajstić information content (AvgIpc) is 3.22. The molecule has 8 nitrogen and oxygen atoms in total. The highest BCUT2D eigenvalue weighted by Gasteiger charge is 2.21. The quantitative estimate of drug-likeness (QED) is 0.565. The number of carbonyl (C=O) groups is 1. The van der Waals surface area contributed by atoms with E-state index in [1.165, 1.54) is 28.6 Å². The smallest absolute Gasteiger partial charge is 0.322 e. The van der Waals surface area contributed by atoms with Crippen molar-refractivity contribution in [3.05, 3.63) is 59.2 Å². The second-order valence-electron chi connectivity index (χ2n) is 7.37. The van der Waals surface area contributed by atoms with Crippen LogP contribution < -0.4 is 5.32 Å². The number of rotatable bonds is 8. The molecule has 0 spiro atoms. The summed E-state index contributed by atoms with van der Waals surface area (Å²) in [4.78, 5) is 12.6. The first-order valence-electron chi connectivity index (χ1n) is 10.0. The zero-order valence-corrected chi connectivity index (χ0v) is 18.9. The van der Waals surface area contributed by atoms with Gasteiger partial charge in [0.1, 0.15) is 0 Å². The molecule has 0 saturated heterocycles. The third kappa shape index (κ3) is 5.18. The number of nitrogens with one attached hydrogen (secondary N) is 1. The molecule has 31 heavy (non-hydrogen) atoms. The van der Waals surface area contributed by atoms with Crippen molar-refractivity contribution in [2.45, 2.75) is 38.5 Å². The molecule has 3 aromatic rings.